The first-order valence-corrected chi connectivity index (χ1v) is 7.81. The quantitative estimate of drug-likeness (QED) is 0.835. The third-order valence-corrected chi connectivity index (χ3v) is 3.46. The number of fused-ring (bicyclic) bond motifs is 1. The lowest BCUT2D eigenvalue weighted by molar-refractivity contribution is -0.670. The first kappa shape index (κ1) is 17.7. The van der Waals surface area contributed by atoms with Crippen molar-refractivity contribution in [1.29, 1.82) is 0 Å². The van der Waals surface area contributed by atoms with Crippen LogP contribution < -0.4 is 15.6 Å². The predicted octanol–water partition coefficient (Wildman–Crippen LogP) is 1.59. The van der Waals surface area contributed by atoms with E-state index in [1.807, 2.05) is 48.3 Å². The number of nitrogens with two attached hydrogens (primary N) is 1. The van der Waals surface area contributed by atoms with Gasteiger partial charge in [-0.15, -0.1) is 0 Å². The molecule has 3 N–H and O–H groups in total. The van der Waals surface area contributed by atoms with Crippen molar-refractivity contribution >= 4 is 22.8 Å². The summed E-state index contributed by atoms with van der Waals surface area (Å²) in [6.07, 6.45) is 3.63. The molecule has 1 aromatic carbocycles. The smallest absolute Gasteiger partial charge is 0.408 e. The van der Waals surface area contributed by atoms with Crippen LogP contribution >= 0.6 is 0 Å². The molecule has 128 valence electrons. The average molecular weight is 330 g/mol. The molecule has 2 aromatic rings. The summed E-state index contributed by atoms with van der Waals surface area (Å²) in [5.74, 6) is -0.597. The lowest BCUT2D eigenvalue weighted by atomic mass is 10.0. The molecule has 0 saturated carbocycles. The van der Waals surface area contributed by atoms with E-state index in [1.54, 1.807) is 20.8 Å². The maximum Gasteiger partial charge on any atom is 0.408 e. The van der Waals surface area contributed by atoms with Crippen LogP contribution in [0.3, 0.4) is 0 Å². The van der Waals surface area contributed by atoms with Crippen molar-refractivity contribution in [3.63, 3.8) is 0 Å². The second-order valence-corrected chi connectivity index (χ2v) is 6.88. The van der Waals surface area contributed by atoms with E-state index in [0.29, 0.717) is 6.42 Å². The number of pyridine rings is 1. The Bertz CT molecular complexity index is 766. The standard InChI is InChI=1S/C18H23N3O3/c1-18(2,3)24-17(23)20-15(16(19)22)10-12-5-6-14-11-21(4)8-7-13(14)9-12/h5-9,11,15H,10H2,1-4H3,(H2-,19,20,22,23)/p+1/t15-/m0/s1. The largest absolute Gasteiger partial charge is 0.444 e. The molecule has 1 heterocycles. The number of hydrogen-bond acceptors (Lipinski definition) is 3. The number of hydrogen-bond donors (Lipinski definition) is 2. The molecule has 0 aliphatic rings. The maximum absolute atomic E-state index is 11.9. The normalized spacial score (nSPS) is 12.7. The minimum Gasteiger partial charge on any atom is -0.444 e. The molecule has 1 atom stereocenters. The van der Waals surface area contributed by atoms with E-state index in [0.717, 1.165) is 16.3 Å². The number of carbonyl (C=O) groups excluding carboxylic acids is 2. The molecule has 2 amide bonds. The Morgan fingerprint density at radius 1 is 1.25 bits per heavy atom. The Hall–Kier alpha value is -2.63. The Morgan fingerprint density at radius 2 is 1.96 bits per heavy atom. The molecule has 0 saturated heterocycles. The lowest BCUT2D eigenvalue weighted by Gasteiger charge is -2.22. The van der Waals surface area contributed by atoms with Crippen LogP contribution in [0.25, 0.3) is 10.8 Å². The molecule has 0 radical (unpaired) electrons. The summed E-state index contributed by atoms with van der Waals surface area (Å²) >= 11 is 0. The molecule has 1 aromatic heterocycles. The van der Waals surface area contributed by atoms with Gasteiger partial charge in [-0.3, -0.25) is 4.79 Å². The molecule has 24 heavy (non-hydrogen) atoms. The predicted molar refractivity (Wildman–Crippen MR) is 91.2 cm³/mol. The number of primary amides is 1. The molecule has 2 rings (SSSR count). The second kappa shape index (κ2) is 6.86. The third-order valence-electron chi connectivity index (χ3n) is 3.46. The van der Waals surface area contributed by atoms with Crippen molar-refractivity contribution in [3.05, 3.63) is 42.2 Å². The van der Waals surface area contributed by atoms with Gasteiger partial charge in [0.25, 0.3) is 0 Å². The highest BCUT2D eigenvalue weighted by Gasteiger charge is 2.23. The van der Waals surface area contributed by atoms with Crippen molar-refractivity contribution in [2.24, 2.45) is 12.8 Å². The number of aryl methyl sites for hydroxylation is 1. The molecule has 0 bridgehead atoms. The summed E-state index contributed by atoms with van der Waals surface area (Å²) in [6.45, 7) is 5.28. The van der Waals surface area contributed by atoms with E-state index >= 15 is 0 Å². The van der Waals surface area contributed by atoms with Gasteiger partial charge in [-0.1, -0.05) is 12.1 Å². The van der Waals surface area contributed by atoms with Crippen LogP contribution in [0.5, 0.6) is 0 Å². The number of amides is 2. The van der Waals surface area contributed by atoms with Crippen LogP contribution in [-0.2, 0) is 23.0 Å². The first-order chi connectivity index (χ1) is 11.1. The number of carbonyl (C=O) groups is 2. The van der Waals surface area contributed by atoms with E-state index in [9.17, 15) is 9.59 Å². The Balaban J connectivity index is 2.14. The Morgan fingerprint density at radius 3 is 2.58 bits per heavy atom. The van der Waals surface area contributed by atoms with Gasteiger partial charge in [0.1, 0.15) is 18.7 Å². The Kier molecular flexibility index (Phi) is 5.07. The summed E-state index contributed by atoms with van der Waals surface area (Å²) in [5.41, 5.74) is 5.70. The molecule has 0 aliphatic carbocycles. The minimum absolute atomic E-state index is 0.311. The fraction of sp³-hybridized carbons (Fsp3) is 0.389. The zero-order valence-electron chi connectivity index (χ0n) is 14.5. The molecular formula is C18H24N3O3+. The van der Waals surface area contributed by atoms with Gasteiger partial charge in [-0.05, 0) is 37.8 Å². The highest BCUT2D eigenvalue weighted by molar-refractivity contribution is 5.85. The van der Waals surface area contributed by atoms with Gasteiger partial charge < -0.3 is 15.8 Å². The van der Waals surface area contributed by atoms with E-state index in [1.165, 1.54) is 0 Å². The maximum atomic E-state index is 11.9. The summed E-state index contributed by atoms with van der Waals surface area (Å²) in [7, 11) is 1.96. The van der Waals surface area contributed by atoms with Crippen LogP contribution in [0, 0.1) is 0 Å². The summed E-state index contributed by atoms with van der Waals surface area (Å²) in [4.78, 5) is 23.5. The highest BCUT2D eigenvalue weighted by Crippen LogP contribution is 2.15. The molecular weight excluding hydrogens is 306 g/mol. The lowest BCUT2D eigenvalue weighted by Crippen LogP contribution is -2.47. The van der Waals surface area contributed by atoms with Gasteiger partial charge in [-0.25, -0.2) is 9.36 Å². The number of ether oxygens (including phenoxy) is 1. The summed E-state index contributed by atoms with van der Waals surface area (Å²) in [6, 6.07) is 7.07. The second-order valence-electron chi connectivity index (χ2n) is 6.88. The minimum atomic E-state index is -0.822. The van der Waals surface area contributed by atoms with Gasteiger partial charge in [0.15, 0.2) is 12.4 Å². The molecule has 6 heteroatoms. The fourth-order valence-corrected chi connectivity index (χ4v) is 2.38. The molecule has 0 fully saturated rings. The zero-order valence-corrected chi connectivity index (χ0v) is 14.5. The monoisotopic (exact) mass is 330 g/mol. The van der Waals surface area contributed by atoms with Gasteiger partial charge in [0.2, 0.25) is 5.91 Å². The van der Waals surface area contributed by atoms with Crippen LogP contribution in [0.4, 0.5) is 4.79 Å². The van der Waals surface area contributed by atoms with Gasteiger partial charge in [0, 0.05) is 17.9 Å². The van der Waals surface area contributed by atoms with Crippen LogP contribution in [0.2, 0.25) is 0 Å². The number of benzene rings is 1. The fourth-order valence-electron chi connectivity index (χ4n) is 2.38. The molecule has 0 spiro atoms. The van der Waals surface area contributed by atoms with Crippen molar-refractivity contribution in [3.8, 4) is 0 Å². The van der Waals surface area contributed by atoms with Crippen molar-refractivity contribution in [2.45, 2.75) is 38.8 Å². The van der Waals surface area contributed by atoms with E-state index < -0.39 is 23.6 Å². The Labute approximate surface area is 141 Å². The van der Waals surface area contributed by atoms with Gasteiger partial charge in [-0.2, -0.15) is 0 Å². The number of alkyl carbamates (subject to hydrolysis) is 1. The van der Waals surface area contributed by atoms with Crippen LogP contribution in [0.1, 0.15) is 26.3 Å². The zero-order chi connectivity index (χ0) is 17.9. The van der Waals surface area contributed by atoms with E-state index in [-0.39, 0.29) is 0 Å². The number of nitrogens with zero attached hydrogens (tertiary/aromatic N) is 1. The molecule has 6 nitrogen and oxygen atoms in total. The average Bonchev–Trinajstić information content (AvgIpc) is 2.44. The first-order valence-electron chi connectivity index (χ1n) is 7.81. The number of aromatic nitrogens is 1. The van der Waals surface area contributed by atoms with E-state index in [4.69, 9.17) is 10.5 Å². The van der Waals surface area contributed by atoms with Gasteiger partial charge >= 0.3 is 6.09 Å². The van der Waals surface area contributed by atoms with Crippen molar-refractivity contribution < 1.29 is 18.9 Å². The third kappa shape index (κ3) is 4.94. The summed E-state index contributed by atoms with van der Waals surface area (Å²) < 4.78 is 7.15. The van der Waals surface area contributed by atoms with Crippen molar-refractivity contribution in [2.75, 3.05) is 0 Å². The SMILES string of the molecule is C[n+]1ccc2cc(C[C@H](NC(=O)OC(C)(C)C)C(N)=O)ccc2c1. The number of rotatable bonds is 4. The molecule has 0 unspecified atom stereocenters. The van der Waals surface area contributed by atoms with Crippen LogP contribution in [0.15, 0.2) is 36.7 Å². The van der Waals surface area contributed by atoms with Gasteiger partial charge in [0.05, 0.1) is 0 Å². The van der Waals surface area contributed by atoms with Crippen molar-refractivity contribution in [1.82, 2.24) is 5.32 Å². The topological polar surface area (TPSA) is 85.3 Å². The van der Waals surface area contributed by atoms with Crippen LogP contribution in [-0.4, -0.2) is 23.6 Å². The van der Waals surface area contributed by atoms with E-state index in [2.05, 4.69) is 5.32 Å². The number of nitrogens with one attached hydrogen (secondary N) is 1. The highest BCUT2D eigenvalue weighted by atomic mass is 16.6. The molecule has 0 aliphatic heterocycles. The summed E-state index contributed by atoms with van der Waals surface area (Å²) in [5, 5.41) is 4.70.